The zero-order valence-electron chi connectivity index (χ0n) is 17.1. The van der Waals surface area contributed by atoms with Gasteiger partial charge in [-0.3, -0.25) is 0 Å². The van der Waals surface area contributed by atoms with E-state index in [4.69, 9.17) is 0 Å². The molecule has 2 aromatic heterocycles. The van der Waals surface area contributed by atoms with Gasteiger partial charge in [0.05, 0.1) is 23.0 Å². The minimum atomic E-state index is -4.61. The van der Waals surface area contributed by atoms with Crippen molar-refractivity contribution >= 4 is 26.5 Å². The van der Waals surface area contributed by atoms with Crippen LogP contribution in [0.4, 0.5) is 22.0 Å². The van der Waals surface area contributed by atoms with Crippen LogP contribution in [0.25, 0.3) is 16.5 Å². The Kier molecular flexibility index (Phi) is 5.40. The van der Waals surface area contributed by atoms with Gasteiger partial charge in [0.2, 0.25) is 0 Å². The Morgan fingerprint density at radius 3 is 2.47 bits per heavy atom. The summed E-state index contributed by atoms with van der Waals surface area (Å²) in [5.41, 5.74) is -0.0643. The molecule has 0 unspecified atom stereocenters. The van der Waals surface area contributed by atoms with Crippen molar-refractivity contribution < 1.29 is 30.4 Å². The Bertz CT molecular complexity index is 1320. The highest BCUT2D eigenvalue weighted by molar-refractivity contribution is 7.90. The van der Waals surface area contributed by atoms with Crippen molar-refractivity contribution in [1.29, 1.82) is 0 Å². The second kappa shape index (κ2) is 7.69. The number of nitrogens with zero attached hydrogens (tertiary/aromatic N) is 4. The zero-order chi connectivity index (χ0) is 23.4. The van der Waals surface area contributed by atoms with Crippen molar-refractivity contribution in [3.63, 3.8) is 0 Å². The molecule has 0 saturated carbocycles. The van der Waals surface area contributed by atoms with Gasteiger partial charge in [-0.05, 0) is 44.2 Å². The van der Waals surface area contributed by atoms with E-state index in [2.05, 4.69) is 5.10 Å². The van der Waals surface area contributed by atoms with E-state index in [0.29, 0.717) is 25.1 Å². The van der Waals surface area contributed by atoms with Gasteiger partial charge < -0.3 is 4.90 Å². The fraction of sp³-hybridized carbons (Fsp3) is 0.350. The number of hydrogen-bond acceptors (Lipinski definition) is 4. The van der Waals surface area contributed by atoms with Crippen LogP contribution in [0.2, 0.25) is 0 Å². The number of hydrogen-bond donors (Lipinski definition) is 0. The van der Waals surface area contributed by atoms with E-state index >= 15 is 0 Å². The molecule has 0 radical (unpaired) electrons. The van der Waals surface area contributed by atoms with Gasteiger partial charge in [-0.2, -0.15) is 27.1 Å². The monoisotopic (exact) mass is 474 g/mol. The first-order chi connectivity index (χ1) is 14.9. The number of fused-ring (bicyclic) bond motifs is 1. The summed E-state index contributed by atoms with van der Waals surface area (Å²) in [5, 5.41) is 3.57. The maximum absolute atomic E-state index is 13.3. The lowest BCUT2D eigenvalue weighted by Crippen LogP contribution is -2.23. The third kappa shape index (κ3) is 3.71. The first kappa shape index (κ1) is 22.5. The lowest BCUT2D eigenvalue weighted by atomic mass is 9.98. The Hall–Kier alpha value is -2.73. The Labute approximate surface area is 180 Å². The molecular weight excluding hydrogens is 455 g/mol. The smallest absolute Gasteiger partial charge is 0.302 e. The largest absolute Gasteiger partial charge is 0.416 e. The number of likely N-dealkylation sites (N-methyl/N-ethyl adjacent to an activating group) is 1. The number of alkyl halides is 5. The van der Waals surface area contributed by atoms with E-state index < -0.39 is 33.2 Å². The molecule has 0 aliphatic carbocycles. The van der Waals surface area contributed by atoms with E-state index in [-0.39, 0.29) is 21.3 Å². The van der Waals surface area contributed by atoms with Crippen LogP contribution in [0.3, 0.4) is 0 Å². The van der Waals surface area contributed by atoms with Gasteiger partial charge in [0, 0.05) is 30.2 Å². The van der Waals surface area contributed by atoms with Crippen molar-refractivity contribution in [3.8, 4) is 0 Å². The minimum Gasteiger partial charge on any atom is -0.302 e. The highest BCUT2D eigenvalue weighted by atomic mass is 32.2. The molecule has 0 atom stereocenters. The maximum Gasteiger partial charge on any atom is 0.416 e. The van der Waals surface area contributed by atoms with E-state index in [1.165, 1.54) is 13.1 Å². The molecule has 4 rings (SSSR count). The molecule has 12 heteroatoms. The average Bonchev–Trinajstić information content (AvgIpc) is 3.29. The molecule has 0 amide bonds. The van der Waals surface area contributed by atoms with Gasteiger partial charge in [-0.15, -0.1) is 0 Å². The molecule has 172 valence electrons. The van der Waals surface area contributed by atoms with Gasteiger partial charge >= 0.3 is 12.7 Å². The molecule has 0 saturated heterocycles. The van der Waals surface area contributed by atoms with Crippen molar-refractivity contribution in [2.24, 2.45) is 0 Å². The molecule has 0 spiro atoms. The highest BCUT2D eigenvalue weighted by Crippen LogP contribution is 2.37. The van der Waals surface area contributed by atoms with Gasteiger partial charge in [0.25, 0.3) is 10.0 Å². The van der Waals surface area contributed by atoms with Crippen LogP contribution in [-0.4, -0.2) is 47.2 Å². The van der Waals surface area contributed by atoms with Gasteiger partial charge in [0.15, 0.2) is 0 Å². The lowest BCUT2D eigenvalue weighted by molar-refractivity contribution is -0.137. The molecule has 0 N–H and O–H groups in total. The zero-order valence-corrected chi connectivity index (χ0v) is 17.9. The Balaban J connectivity index is 1.96. The van der Waals surface area contributed by atoms with Crippen LogP contribution in [0, 0.1) is 6.92 Å². The Morgan fingerprint density at radius 2 is 1.91 bits per heavy atom. The van der Waals surface area contributed by atoms with Crippen LogP contribution < -0.4 is 0 Å². The fourth-order valence-electron chi connectivity index (χ4n) is 3.81. The first-order valence-corrected chi connectivity index (χ1v) is 11.0. The van der Waals surface area contributed by atoms with Crippen LogP contribution in [0.5, 0.6) is 0 Å². The lowest BCUT2D eigenvalue weighted by Gasteiger charge is -2.21. The van der Waals surface area contributed by atoms with E-state index in [1.807, 2.05) is 18.0 Å². The highest BCUT2D eigenvalue weighted by Gasteiger charge is 2.33. The normalized spacial score (nSPS) is 16.2. The van der Waals surface area contributed by atoms with Crippen molar-refractivity contribution in [1.82, 2.24) is 18.7 Å². The number of halogens is 5. The number of aromatic nitrogens is 3. The van der Waals surface area contributed by atoms with Crippen LogP contribution >= 0.6 is 0 Å². The summed E-state index contributed by atoms with van der Waals surface area (Å²) in [5.74, 6) is 0. The second-order valence-corrected chi connectivity index (χ2v) is 9.41. The maximum atomic E-state index is 13.3. The summed E-state index contributed by atoms with van der Waals surface area (Å²) in [6.07, 6.45) is -0.163. The molecule has 1 aromatic carbocycles. The summed E-state index contributed by atoms with van der Waals surface area (Å²) in [7, 11) is -2.51. The van der Waals surface area contributed by atoms with E-state index in [0.717, 1.165) is 33.9 Å². The summed E-state index contributed by atoms with van der Waals surface area (Å²) >= 11 is 0. The fourth-order valence-corrected chi connectivity index (χ4v) is 5.33. The summed E-state index contributed by atoms with van der Waals surface area (Å²) < 4.78 is 94.1. The standard InChI is InChI=1S/C20H19F5N4O2S/c1-12-18(10-26-29(12)19(21)22)32(30,31)28-11-16(13-5-7-27(2)8-6-13)15-9-14(20(23,24)25)3-4-17(15)28/h3-5,9-11,19H,6-8H2,1-2H3. The minimum absolute atomic E-state index is 0.0250. The molecule has 1 aliphatic heterocycles. The van der Waals surface area contributed by atoms with Crippen LogP contribution in [0.1, 0.15) is 29.8 Å². The Morgan fingerprint density at radius 1 is 1.19 bits per heavy atom. The summed E-state index contributed by atoms with van der Waals surface area (Å²) in [6.45, 7) is -0.618. The van der Waals surface area contributed by atoms with E-state index in [1.54, 1.807) is 0 Å². The molecule has 32 heavy (non-hydrogen) atoms. The van der Waals surface area contributed by atoms with Crippen molar-refractivity contribution in [2.75, 3.05) is 20.1 Å². The van der Waals surface area contributed by atoms with Gasteiger partial charge in [-0.1, -0.05) is 6.08 Å². The summed E-state index contributed by atoms with van der Waals surface area (Å²) in [4.78, 5) is 1.57. The van der Waals surface area contributed by atoms with E-state index in [9.17, 15) is 30.4 Å². The quantitative estimate of drug-likeness (QED) is 0.522. The molecule has 6 nitrogen and oxygen atoms in total. The first-order valence-electron chi connectivity index (χ1n) is 9.59. The van der Waals surface area contributed by atoms with Crippen LogP contribution in [-0.2, 0) is 16.2 Å². The van der Waals surface area contributed by atoms with Crippen molar-refractivity contribution in [2.45, 2.75) is 31.0 Å². The average molecular weight is 474 g/mol. The number of benzene rings is 1. The molecular formula is C20H19F5N4O2S. The third-order valence-electron chi connectivity index (χ3n) is 5.58. The molecule has 0 bridgehead atoms. The summed E-state index contributed by atoms with van der Waals surface area (Å²) in [6, 6.07) is 2.81. The predicted molar refractivity (Wildman–Crippen MR) is 108 cm³/mol. The topological polar surface area (TPSA) is 60.1 Å². The number of rotatable bonds is 4. The van der Waals surface area contributed by atoms with Crippen molar-refractivity contribution in [3.05, 3.63) is 53.5 Å². The van der Waals surface area contributed by atoms with Crippen LogP contribution in [0.15, 0.2) is 41.6 Å². The SMILES string of the molecule is Cc1c(S(=O)(=O)n2cc(C3=CCN(C)CC3)c3cc(C(F)(F)F)ccc32)cnn1C(F)F. The molecule has 1 aliphatic rings. The van der Waals surface area contributed by atoms with Gasteiger partial charge in [0.1, 0.15) is 4.90 Å². The molecule has 3 aromatic rings. The molecule has 0 fully saturated rings. The predicted octanol–water partition coefficient (Wildman–Crippen LogP) is 4.52. The van der Waals surface area contributed by atoms with Gasteiger partial charge in [-0.25, -0.2) is 17.1 Å². The second-order valence-electron chi connectivity index (χ2n) is 7.63. The third-order valence-corrected chi connectivity index (χ3v) is 7.35. The molecule has 3 heterocycles.